The van der Waals surface area contributed by atoms with Crippen molar-refractivity contribution in [3.8, 4) is 66.8 Å². The van der Waals surface area contributed by atoms with E-state index in [-0.39, 0.29) is 0 Å². The molecule has 0 amide bonds. The van der Waals surface area contributed by atoms with Crippen LogP contribution < -0.4 is 0 Å². The Labute approximate surface area is 587 Å². The quantitative estimate of drug-likeness (QED) is 0.165. The summed E-state index contributed by atoms with van der Waals surface area (Å²) in [6, 6.07) is 103. The molecule has 0 bridgehead atoms. The highest BCUT2D eigenvalue weighted by Gasteiger charge is 2.21. The van der Waals surface area contributed by atoms with E-state index in [1.807, 2.05) is 24.3 Å². The Balaban J connectivity index is 0.000000106. The zero-order chi connectivity index (χ0) is 68.4. The largest absolute Gasteiger partial charge is 0.456 e. The molecule has 15 aromatic carbocycles. The maximum Gasteiger partial charge on any atom is 0.143 e. The first-order chi connectivity index (χ1) is 49.9. The van der Waals surface area contributed by atoms with Gasteiger partial charge in [0.05, 0.1) is 0 Å². The van der Waals surface area contributed by atoms with Crippen LogP contribution in [0.5, 0.6) is 0 Å². The molecule has 21 aromatic rings. The van der Waals surface area contributed by atoms with Crippen LogP contribution >= 0.6 is 0 Å². The number of hydrogen-bond donors (Lipinski definition) is 0. The molecule has 0 fully saturated rings. The fraction of sp³-hybridized carbons (Fsp3) is 0.0625. The molecule has 0 atom stereocenters. The van der Waals surface area contributed by atoms with E-state index in [0.717, 1.165) is 154 Å². The number of benzene rings is 15. The highest BCUT2D eigenvalue weighted by atomic mass is 16.3. The van der Waals surface area contributed by atoms with Crippen molar-refractivity contribution >= 4 is 132 Å². The number of hydrogen-bond acceptors (Lipinski definition) is 6. The van der Waals surface area contributed by atoms with Gasteiger partial charge < -0.3 is 26.5 Å². The molecule has 0 aliphatic heterocycles. The minimum Gasteiger partial charge on any atom is -0.456 e. The van der Waals surface area contributed by atoms with E-state index in [4.69, 9.17) is 26.5 Å². The Morgan fingerprint density at radius 3 is 0.931 bits per heavy atom. The van der Waals surface area contributed by atoms with Crippen molar-refractivity contribution in [2.45, 2.75) is 41.5 Å². The molecule has 0 saturated heterocycles. The van der Waals surface area contributed by atoms with E-state index in [2.05, 4.69) is 308 Å². The monoisotopic (exact) mass is 1310 g/mol. The van der Waals surface area contributed by atoms with Gasteiger partial charge in [-0.2, -0.15) is 0 Å². The molecule has 6 heterocycles. The molecule has 0 spiro atoms. The van der Waals surface area contributed by atoms with Gasteiger partial charge in [0.1, 0.15) is 67.0 Å². The zero-order valence-corrected chi connectivity index (χ0v) is 57.2. The SMILES string of the molecule is Cc1ccc2oc3ccc(-c4cccc(-c5ccc6oc7c(C)cccc7c6c5)c4)cc3c2c1.Cc1cccc(-c2cc(-c3ccc4oc5ccc(C)cc5c4c3)c3oc4ccccc4c3c2)c1.Cc1cccc(-c2cc(-c3ccc4oc5ccc(C)cc5c4c3)cc3c2oc2ccccc23)c1. The summed E-state index contributed by atoms with van der Waals surface area (Å²) in [6.45, 7) is 12.7. The third kappa shape index (κ3) is 10.5. The van der Waals surface area contributed by atoms with Crippen LogP contribution in [0.15, 0.2) is 318 Å². The number of rotatable bonds is 6. The molecule has 0 N–H and O–H groups in total. The first-order valence-electron chi connectivity index (χ1n) is 34.8. The van der Waals surface area contributed by atoms with Crippen molar-refractivity contribution in [3.05, 3.63) is 325 Å². The summed E-state index contributed by atoms with van der Waals surface area (Å²) in [4.78, 5) is 0. The summed E-state index contributed by atoms with van der Waals surface area (Å²) in [7, 11) is 0. The molecule has 0 aliphatic rings. The Morgan fingerprint density at radius 2 is 0.451 bits per heavy atom. The summed E-state index contributed by atoms with van der Waals surface area (Å²) < 4.78 is 37.2. The van der Waals surface area contributed by atoms with Gasteiger partial charge in [0.2, 0.25) is 0 Å². The minimum absolute atomic E-state index is 0.903. The Hall–Kier alpha value is -12.9. The van der Waals surface area contributed by atoms with Gasteiger partial charge in [0, 0.05) is 75.8 Å². The van der Waals surface area contributed by atoms with Gasteiger partial charge in [-0.1, -0.05) is 192 Å². The molecule has 6 nitrogen and oxygen atoms in total. The average Bonchev–Trinajstić information content (AvgIpc) is 1.61. The van der Waals surface area contributed by atoms with Gasteiger partial charge >= 0.3 is 0 Å². The van der Waals surface area contributed by atoms with Gasteiger partial charge in [-0.25, -0.2) is 0 Å². The van der Waals surface area contributed by atoms with Crippen LogP contribution in [0.3, 0.4) is 0 Å². The van der Waals surface area contributed by atoms with E-state index in [0.29, 0.717) is 0 Å². The maximum atomic E-state index is 6.43. The predicted molar refractivity (Wildman–Crippen MR) is 424 cm³/mol. The normalized spacial score (nSPS) is 11.8. The Morgan fingerprint density at radius 1 is 0.157 bits per heavy atom. The van der Waals surface area contributed by atoms with E-state index in [9.17, 15) is 0 Å². The fourth-order valence-corrected chi connectivity index (χ4v) is 15.3. The standard InChI is InChI=1S/3C32H22O2/c1-19-9-12-29-26(15-19)28-18-24(10-13-30(28)33-29)22-7-4-6-21(16-22)23-11-14-31-27(17-23)25-8-3-5-20(2)32(25)34-31;1-19-6-5-7-22(14-19)25-17-23(18-28-24-8-3-4-9-29(24)34-32(25)28)21-11-13-31-27(16-21)26-15-20(2)10-12-30(26)33-31;1-19-6-5-7-21(14-19)23-17-25(32-28(18-23)24-8-3-4-9-29(24)34-32)22-11-13-31-27(16-22)26-15-20(2)10-12-30(26)33-31/h3*3-18H,1-2H3. The Bertz CT molecular complexity index is 6930. The average molecular weight is 1320 g/mol. The van der Waals surface area contributed by atoms with Crippen LogP contribution in [0.4, 0.5) is 0 Å². The van der Waals surface area contributed by atoms with Crippen molar-refractivity contribution in [1.82, 2.24) is 0 Å². The highest BCUT2D eigenvalue weighted by molar-refractivity contribution is 6.15. The van der Waals surface area contributed by atoms with Crippen LogP contribution in [0, 0.1) is 41.5 Å². The summed E-state index contributed by atoms with van der Waals surface area (Å²) in [5.41, 5.74) is 32.4. The number of furan rings is 6. The first-order valence-corrected chi connectivity index (χ1v) is 34.8. The summed E-state index contributed by atoms with van der Waals surface area (Å²) in [5, 5.41) is 13.8. The second-order valence-corrected chi connectivity index (χ2v) is 27.5. The van der Waals surface area contributed by atoms with E-state index in [1.165, 1.54) is 77.5 Å². The van der Waals surface area contributed by atoms with E-state index < -0.39 is 0 Å². The van der Waals surface area contributed by atoms with Gasteiger partial charge in [-0.3, -0.25) is 0 Å². The van der Waals surface area contributed by atoms with Crippen molar-refractivity contribution in [3.63, 3.8) is 0 Å². The molecule has 102 heavy (non-hydrogen) atoms. The highest BCUT2D eigenvalue weighted by Crippen LogP contribution is 2.45. The van der Waals surface area contributed by atoms with Gasteiger partial charge in [-0.15, -0.1) is 0 Å². The molecule has 6 heteroatoms. The van der Waals surface area contributed by atoms with Crippen LogP contribution in [-0.2, 0) is 0 Å². The van der Waals surface area contributed by atoms with Crippen molar-refractivity contribution in [1.29, 1.82) is 0 Å². The number of aryl methyl sites for hydroxylation is 6. The molecule has 6 aromatic heterocycles. The summed E-state index contributed by atoms with van der Waals surface area (Å²) >= 11 is 0. The number of fused-ring (bicyclic) bond motifs is 18. The smallest absolute Gasteiger partial charge is 0.143 e. The van der Waals surface area contributed by atoms with E-state index in [1.54, 1.807) is 0 Å². The second kappa shape index (κ2) is 23.9. The maximum absolute atomic E-state index is 6.43. The van der Waals surface area contributed by atoms with Crippen molar-refractivity contribution < 1.29 is 26.5 Å². The van der Waals surface area contributed by atoms with Gasteiger partial charge in [0.25, 0.3) is 0 Å². The summed E-state index contributed by atoms with van der Waals surface area (Å²) in [6.07, 6.45) is 0. The lowest BCUT2D eigenvalue weighted by Crippen LogP contribution is -1.85. The molecule has 0 unspecified atom stereocenters. The van der Waals surface area contributed by atoms with Crippen molar-refractivity contribution in [2.75, 3.05) is 0 Å². The molecular weight excluding hydrogens is 1250 g/mol. The molecule has 0 radical (unpaired) electrons. The third-order valence-electron chi connectivity index (χ3n) is 20.4. The lowest BCUT2D eigenvalue weighted by atomic mass is 9.94. The lowest BCUT2D eigenvalue weighted by molar-refractivity contribution is 0.665. The van der Waals surface area contributed by atoms with Gasteiger partial charge in [-0.05, 0) is 230 Å². The molecule has 0 saturated carbocycles. The minimum atomic E-state index is 0.903. The first kappa shape index (κ1) is 60.3. The molecule has 0 aliphatic carbocycles. The lowest BCUT2D eigenvalue weighted by Gasteiger charge is -2.09. The van der Waals surface area contributed by atoms with Gasteiger partial charge in [0.15, 0.2) is 0 Å². The zero-order valence-electron chi connectivity index (χ0n) is 57.2. The third-order valence-corrected chi connectivity index (χ3v) is 20.4. The molecular formula is C96H66O6. The molecule has 486 valence electrons. The second-order valence-electron chi connectivity index (χ2n) is 27.5. The Kier molecular flexibility index (Phi) is 14.1. The fourth-order valence-electron chi connectivity index (χ4n) is 15.3. The summed E-state index contributed by atoms with van der Waals surface area (Å²) in [5.74, 6) is 0. The van der Waals surface area contributed by atoms with Crippen LogP contribution in [0.2, 0.25) is 0 Å². The van der Waals surface area contributed by atoms with E-state index >= 15 is 0 Å². The van der Waals surface area contributed by atoms with Crippen LogP contribution in [0.25, 0.3) is 198 Å². The number of para-hydroxylation sites is 3. The van der Waals surface area contributed by atoms with Crippen LogP contribution in [0.1, 0.15) is 33.4 Å². The van der Waals surface area contributed by atoms with Crippen molar-refractivity contribution in [2.24, 2.45) is 0 Å². The topological polar surface area (TPSA) is 78.8 Å². The van der Waals surface area contributed by atoms with Crippen LogP contribution in [-0.4, -0.2) is 0 Å². The molecule has 21 rings (SSSR count). The predicted octanol–water partition coefficient (Wildman–Crippen LogP) is 28.3.